The number of carbonyl (C=O) groups is 1. The lowest BCUT2D eigenvalue weighted by Gasteiger charge is -2.20. The maximum Gasteiger partial charge on any atom is 0.316 e. The van der Waals surface area contributed by atoms with Crippen LogP contribution in [0.1, 0.15) is 27.7 Å². The molecule has 0 rings (SSSR count). The summed E-state index contributed by atoms with van der Waals surface area (Å²) in [5.41, 5.74) is -0.442. The molecule has 0 bridgehead atoms. The van der Waals surface area contributed by atoms with Crippen LogP contribution in [0.3, 0.4) is 0 Å². The highest BCUT2D eigenvalue weighted by Gasteiger charge is 2.32. The average Bonchev–Trinajstić information content (AvgIpc) is 2.16. The van der Waals surface area contributed by atoms with Crippen molar-refractivity contribution in [3.8, 4) is 0 Å². The summed E-state index contributed by atoms with van der Waals surface area (Å²) in [6.45, 7) is 7.54. The van der Waals surface area contributed by atoms with Gasteiger partial charge >= 0.3 is 5.97 Å². The second-order valence-electron chi connectivity index (χ2n) is 3.01. The summed E-state index contributed by atoms with van der Waals surface area (Å²) in [5.74, 6) is -0.325. The summed E-state index contributed by atoms with van der Waals surface area (Å²) < 4.78 is 16.9. The first kappa shape index (κ1) is 12.7. The molecular formula is C9H19O3P. The first-order valence-corrected chi connectivity index (χ1v) is 6.90. The summed E-state index contributed by atoms with van der Waals surface area (Å²) in [7, 11) is -2.33. The molecule has 0 fully saturated rings. The van der Waals surface area contributed by atoms with Gasteiger partial charge in [-0.25, -0.2) is 0 Å². The predicted molar refractivity (Wildman–Crippen MR) is 54.8 cm³/mol. The number of carbonyl (C=O) groups excluding carboxylic acids is 1. The third kappa shape index (κ3) is 3.15. The van der Waals surface area contributed by atoms with Gasteiger partial charge in [-0.1, -0.05) is 13.8 Å². The standard InChI is InChI=1S/C9H19O3P/c1-5-12-9(10)8(4)13(11,6-2)7-3/h8H,5-7H2,1-4H3. The molecule has 13 heavy (non-hydrogen) atoms. The molecule has 0 heterocycles. The molecule has 0 aromatic heterocycles. The summed E-state index contributed by atoms with van der Waals surface area (Å²) >= 11 is 0. The molecule has 0 amide bonds. The van der Waals surface area contributed by atoms with Crippen LogP contribution < -0.4 is 0 Å². The fraction of sp³-hybridized carbons (Fsp3) is 0.889. The van der Waals surface area contributed by atoms with Crippen LogP contribution in [0, 0.1) is 0 Å². The molecule has 0 aliphatic carbocycles. The maximum absolute atomic E-state index is 12.1. The Morgan fingerprint density at radius 2 is 1.77 bits per heavy atom. The fourth-order valence-electron chi connectivity index (χ4n) is 1.23. The molecule has 0 spiro atoms. The molecule has 0 saturated heterocycles. The van der Waals surface area contributed by atoms with Crippen LogP contribution in [-0.2, 0) is 14.1 Å². The monoisotopic (exact) mass is 206 g/mol. The Morgan fingerprint density at radius 1 is 1.31 bits per heavy atom. The van der Waals surface area contributed by atoms with Gasteiger partial charge in [-0.3, -0.25) is 4.79 Å². The van der Waals surface area contributed by atoms with Crippen molar-refractivity contribution in [3.05, 3.63) is 0 Å². The van der Waals surface area contributed by atoms with Crippen molar-refractivity contribution in [2.45, 2.75) is 33.4 Å². The number of ether oxygens (including phenoxy) is 1. The minimum atomic E-state index is -2.33. The number of hydrogen-bond donors (Lipinski definition) is 0. The second-order valence-corrected chi connectivity index (χ2v) is 6.96. The molecule has 78 valence electrons. The fourth-order valence-corrected chi connectivity index (χ4v) is 3.23. The maximum atomic E-state index is 12.1. The zero-order chi connectivity index (χ0) is 10.5. The van der Waals surface area contributed by atoms with Crippen molar-refractivity contribution in [1.29, 1.82) is 0 Å². The second kappa shape index (κ2) is 5.43. The molecule has 0 aliphatic heterocycles. The number of esters is 1. The molecule has 1 unspecified atom stereocenters. The van der Waals surface area contributed by atoms with Gasteiger partial charge in [0.05, 0.1) is 6.61 Å². The molecule has 4 heteroatoms. The van der Waals surface area contributed by atoms with Gasteiger partial charge in [-0.15, -0.1) is 0 Å². The van der Waals surface area contributed by atoms with Crippen LogP contribution in [0.15, 0.2) is 0 Å². The SMILES string of the molecule is CCOC(=O)C(C)P(=O)(CC)CC. The summed E-state index contributed by atoms with van der Waals surface area (Å²) in [6, 6.07) is 0. The highest BCUT2D eigenvalue weighted by Crippen LogP contribution is 2.50. The Labute approximate surface area is 80.2 Å². The van der Waals surface area contributed by atoms with E-state index in [1.165, 1.54) is 0 Å². The first-order chi connectivity index (χ1) is 6.01. The lowest BCUT2D eigenvalue weighted by molar-refractivity contribution is -0.142. The van der Waals surface area contributed by atoms with Gasteiger partial charge in [-0.05, 0) is 26.2 Å². The molecule has 0 aromatic rings. The topological polar surface area (TPSA) is 43.4 Å². The highest BCUT2D eigenvalue weighted by atomic mass is 31.2. The molecule has 3 nitrogen and oxygen atoms in total. The van der Waals surface area contributed by atoms with Gasteiger partial charge in [0.1, 0.15) is 12.8 Å². The summed E-state index contributed by atoms with van der Waals surface area (Å²) in [4.78, 5) is 11.3. The van der Waals surface area contributed by atoms with Crippen molar-refractivity contribution < 1.29 is 14.1 Å². The van der Waals surface area contributed by atoms with E-state index >= 15 is 0 Å². The molecule has 1 atom stereocenters. The summed E-state index contributed by atoms with van der Waals surface area (Å²) in [5, 5.41) is 0. The van der Waals surface area contributed by atoms with E-state index in [0.717, 1.165) is 0 Å². The van der Waals surface area contributed by atoms with Crippen LogP contribution in [0.4, 0.5) is 0 Å². The van der Waals surface area contributed by atoms with E-state index in [0.29, 0.717) is 18.9 Å². The quantitative estimate of drug-likeness (QED) is 0.512. The summed E-state index contributed by atoms with van der Waals surface area (Å²) in [6.07, 6.45) is 1.15. The molecular weight excluding hydrogens is 187 g/mol. The van der Waals surface area contributed by atoms with E-state index in [2.05, 4.69) is 0 Å². The molecule has 0 N–H and O–H groups in total. The Kier molecular flexibility index (Phi) is 5.31. The van der Waals surface area contributed by atoms with Gasteiger partial charge in [-0.2, -0.15) is 0 Å². The van der Waals surface area contributed by atoms with Crippen LogP contribution in [0.2, 0.25) is 0 Å². The van der Waals surface area contributed by atoms with E-state index in [4.69, 9.17) is 4.74 Å². The van der Waals surface area contributed by atoms with Gasteiger partial charge in [0, 0.05) is 0 Å². The number of hydrogen-bond acceptors (Lipinski definition) is 3. The lowest BCUT2D eigenvalue weighted by atomic mass is 10.5. The van der Waals surface area contributed by atoms with Gasteiger partial charge in [0.15, 0.2) is 0 Å². The molecule has 0 aliphatic rings. The first-order valence-electron chi connectivity index (χ1n) is 4.76. The van der Waals surface area contributed by atoms with Crippen molar-refractivity contribution in [2.75, 3.05) is 18.9 Å². The Bertz CT molecular complexity index is 205. The van der Waals surface area contributed by atoms with Gasteiger partial charge in [0.2, 0.25) is 0 Å². The normalized spacial score (nSPS) is 13.8. The Hall–Kier alpha value is -0.300. The van der Waals surface area contributed by atoms with Crippen molar-refractivity contribution >= 4 is 13.1 Å². The van der Waals surface area contributed by atoms with E-state index in [1.54, 1.807) is 13.8 Å². The van der Waals surface area contributed by atoms with Crippen molar-refractivity contribution in [1.82, 2.24) is 0 Å². The van der Waals surface area contributed by atoms with Crippen molar-refractivity contribution in [2.24, 2.45) is 0 Å². The van der Waals surface area contributed by atoms with Crippen LogP contribution in [-0.4, -0.2) is 30.6 Å². The lowest BCUT2D eigenvalue weighted by Crippen LogP contribution is -2.22. The van der Waals surface area contributed by atoms with Crippen molar-refractivity contribution in [3.63, 3.8) is 0 Å². The van der Waals surface area contributed by atoms with E-state index in [-0.39, 0.29) is 5.97 Å². The van der Waals surface area contributed by atoms with E-state index in [1.807, 2.05) is 13.8 Å². The predicted octanol–water partition coefficient (Wildman–Crippen LogP) is 2.34. The molecule has 0 radical (unpaired) electrons. The van der Waals surface area contributed by atoms with Crippen LogP contribution in [0.5, 0.6) is 0 Å². The third-order valence-electron chi connectivity index (χ3n) is 2.40. The Morgan fingerprint density at radius 3 is 2.08 bits per heavy atom. The van der Waals surface area contributed by atoms with Crippen LogP contribution in [0.25, 0.3) is 0 Å². The molecule has 0 saturated carbocycles. The minimum Gasteiger partial charge on any atom is -0.465 e. The number of rotatable bonds is 5. The van der Waals surface area contributed by atoms with Gasteiger partial charge < -0.3 is 9.30 Å². The third-order valence-corrected chi connectivity index (χ3v) is 6.17. The highest BCUT2D eigenvalue weighted by molar-refractivity contribution is 7.65. The average molecular weight is 206 g/mol. The zero-order valence-electron chi connectivity index (χ0n) is 8.87. The largest absolute Gasteiger partial charge is 0.465 e. The van der Waals surface area contributed by atoms with Gasteiger partial charge in [0.25, 0.3) is 0 Å². The molecule has 0 aromatic carbocycles. The van der Waals surface area contributed by atoms with E-state index < -0.39 is 12.8 Å². The Balaban J connectivity index is 4.46. The van der Waals surface area contributed by atoms with Crippen LogP contribution >= 0.6 is 7.14 Å². The minimum absolute atomic E-state index is 0.325. The van der Waals surface area contributed by atoms with E-state index in [9.17, 15) is 9.36 Å². The smallest absolute Gasteiger partial charge is 0.316 e. The zero-order valence-corrected chi connectivity index (χ0v) is 9.77.